The van der Waals surface area contributed by atoms with Crippen LogP contribution in [-0.2, 0) is 0 Å². The number of hydrogen-bond donors (Lipinski definition) is 1. The number of aromatic amines is 1. The molecule has 2 rings (SSSR count). The van der Waals surface area contributed by atoms with Gasteiger partial charge in [-0.15, -0.1) is 0 Å². The first-order valence-corrected chi connectivity index (χ1v) is 6.35. The highest BCUT2D eigenvalue weighted by Gasteiger charge is 2.14. The topological polar surface area (TPSA) is 39.1 Å². The highest BCUT2D eigenvalue weighted by Crippen LogP contribution is 2.24. The van der Waals surface area contributed by atoms with Crippen molar-refractivity contribution in [3.8, 4) is 0 Å². The molecule has 2 N–H and O–H groups in total. The van der Waals surface area contributed by atoms with Gasteiger partial charge >= 0.3 is 0 Å². The van der Waals surface area contributed by atoms with Crippen LogP contribution in [0.5, 0.6) is 0 Å². The Labute approximate surface area is 97.7 Å². The van der Waals surface area contributed by atoms with Gasteiger partial charge in [0.25, 0.3) is 11.7 Å². The summed E-state index contributed by atoms with van der Waals surface area (Å²) in [6.07, 6.45) is 0. The summed E-state index contributed by atoms with van der Waals surface area (Å²) >= 11 is 3.03. The molecule has 1 heterocycles. The number of aromatic nitrogens is 2. The second-order valence-electron chi connectivity index (χ2n) is 4.39. The normalized spacial score (nSPS) is 12.2. The molecule has 1 aromatic carbocycles. The van der Waals surface area contributed by atoms with Crippen LogP contribution in [0.2, 0.25) is 0 Å². The second-order valence-corrected chi connectivity index (χ2v) is 5.81. The summed E-state index contributed by atoms with van der Waals surface area (Å²) in [5.41, 5.74) is 2.25. The molecule has 5 heteroatoms. The van der Waals surface area contributed by atoms with Crippen LogP contribution in [0.25, 0.3) is 11.0 Å². The fraction of sp³-hybridized carbons (Fsp3) is 0.400. The minimum atomic E-state index is 0.107. The van der Waals surface area contributed by atoms with Gasteiger partial charge in [-0.3, -0.25) is 4.72 Å². The van der Waals surface area contributed by atoms with Gasteiger partial charge in [-0.1, -0.05) is 6.07 Å². The van der Waals surface area contributed by atoms with Gasteiger partial charge in [-0.25, -0.2) is 0 Å². The van der Waals surface area contributed by atoms with Gasteiger partial charge in [0.15, 0.2) is 0 Å². The Morgan fingerprint density at radius 1 is 1.40 bits per heavy atom. The lowest BCUT2D eigenvalue weighted by molar-refractivity contribution is -0.257. The summed E-state index contributed by atoms with van der Waals surface area (Å²) in [5.74, 6) is 0. The molecular formula is C10H14N3S2+. The van der Waals surface area contributed by atoms with Crippen molar-refractivity contribution in [2.75, 3.05) is 0 Å². The van der Waals surface area contributed by atoms with E-state index in [2.05, 4.69) is 40.3 Å². The standard InChI is InChI=1S/C10H13N3S2/c1-10(2,3)13-14-8-6-4-5-7-9(8)12-15-11-7/h4-6,13H,1-3H3/p+1. The third kappa shape index (κ3) is 2.68. The molecule has 3 nitrogen and oxygen atoms in total. The van der Waals surface area contributed by atoms with Crippen LogP contribution in [0, 0.1) is 0 Å². The molecule has 0 unspecified atom stereocenters. The van der Waals surface area contributed by atoms with E-state index in [1.54, 1.807) is 11.9 Å². The van der Waals surface area contributed by atoms with E-state index in [9.17, 15) is 0 Å². The fourth-order valence-corrected chi connectivity index (χ4v) is 2.60. The smallest absolute Gasteiger partial charge is 0.254 e. The number of rotatable bonds is 2. The largest absolute Gasteiger partial charge is 0.275 e. The maximum atomic E-state index is 4.27. The number of hydrogen-bond acceptors (Lipinski definition) is 4. The molecule has 0 saturated heterocycles. The van der Waals surface area contributed by atoms with Crippen molar-refractivity contribution in [1.29, 1.82) is 0 Å². The predicted molar refractivity (Wildman–Crippen MR) is 64.9 cm³/mol. The summed E-state index contributed by atoms with van der Waals surface area (Å²) in [4.78, 5) is 1.19. The van der Waals surface area contributed by atoms with Crippen molar-refractivity contribution in [2.24, 2.45) is 0 Å². The molecule has 0 atom stereocenters. The third-order valence-corrected chi connectivity index (χ3v) is 3.62. The minimum absolute atomic E-state index is 0.107. The molecule has 0 bridgehead atoms. The first-order chi connectivity index (χ1) is 7.06. The van der Waals surface area contributed by atoms with Crippen molar-refractivity contribution in [3.05, 3.63) is 18.2 Å². The Bertz CT molecular complexity index is 459. The molecule has 0 saturated carbocycles. The highest BCUT2D eigenvalue weighted by atomic mass is 32.2. The van der Waals surface area contributed by atoms with E-state index in [1.165, 1.54) is 16.6 Å². The molecule has 0 spiro atoms. The monoisotopic (exact) mass is 240 g/mol. The molecule has 0 aliphatic rings. The summed E-state index contributed by atoms with van der Waals surface area (Å²) in [7, 11) is 0. The lowest BCUT2D eigenvalue weighted by atomic mass is 10.1. The van der Waals surface area contributed by atoms with E-state index in [4.69, 9.17) is 0 Å². The zero-order valence-corrected chi connectivity index (χ0v) is 10.6. The van der Waals surface area contributed by atoms with Crippen molar-refractivity contribution in [1.82, 2.24) is 9.10 Å². The Morgan fingerprint density at radius 3 is 2.93 bits per heavy atom. The number of nitrogens with zero attached hydrogens (tertiary/aromatic N) is 1. The van der Waals surface area contributed by atoms with E-state index in [0.29, 0.717) is 0 Å². The van der Waals surface area contributed by atoms with Crippen LogP contribution < -0.4 is 9.10 Å². The van der Waals surface area contributed by atoms with Crippen LogP contribution in [0.4, 0.5) is 0 Å². The molecule has 1 aromatic heterocycles. The summed E-state index contributed by atoms with van der Waals surface area (Å²) in [6.45, 7) is 6.45. The summed E-state index contributed by atoms with van der Waals surface area (Å²) in [5, 5.41) is 0. The Hall–Kier alpha value is -0.650. The summed E-state index contributed by atoms with van der Waals surface area (Å²) in [6, 6.07) is 6.14. The van der Waals surface area contributed by atoms with Crippen LogP contribution in [-0.4, -0.2) is 9.91 Å². The van der Waals surface area contributed by atoms with Gasteiger partial charge in [-0.2, -0.15) is 4.37 Å². The quantitative estimate of drug-likeness (QED) is 0.820. The molecule has 0 radical (unpaired) electrons. The Balaban J connectivity index is 2.24. The van der Waals surface area contributed by atoms with Gasteiger partial charge in [0.1, 0.15) is 0 Å². The average molecular weight is 240 g/mol. The lowest BCUT2D eigenvalue weighted by Crippen LogP contribution is -2.29. The predicted octanol–water partition coefficient (Wildman–Crippen LogP) is 2.51. The zero-order chi connectivity index (χ0) is 10.9. The number of benzene rings is 1. The SMILES string of the molecule is CC(C)(C)NSc1cccc2ns[nH+]c12. The van der Waals surface area contributed by atoms with E-state index >= 15 is 0 Å². The maximum Gasteiger partial charge on any atom is 0.275 e. The van der Waals surface area contributed by atoms with E-state index in [1.807, 2.05) is 12.1 Å². The van der Waals surface area contributed by atoms with Crippen molar-refractivity contribution < 1.29 is 4.37 Å². The third-order valence-electron chi connectivity index (χ3n) is 1.76. The van der Waals surface area contributed by atoms with Crippen molar-refractivity contribution >= 4 is 34.7 Å². The first-order valence-electron chi connectivity index (χ1n) is 4.76. The van der Waals surface area contributed by atoms with Crippen molar-refractivity contribution in [2.45, 2.75) is 31.2 Å². The van der Waals surface area contributed by atoms with Crippen LogP contribution in [0.3, 0.4) is 0 Å². The molecule has 2 aromatic rings. The van der Waals surface area contributed by atoms with Gasteiger partial charge in [0.2, 0.25) is 11.0 Å². The highest BCUT2D eigenvalue weighted by molar-refractivity contribution is 7.97. The van der Waals surface area contributed by atoms with Gasteiger partial charge in [-0.05, 0) is 44.9 Å². The number of fused-ring (bicyclic) bond motifs is 1. The van der Waals surface area contributed by atoms with Crippen LogP contribution in [0.1, 0.15) is 20.8 Å². The van der Waals surface area contributed by atoms with Gasteiger partial charge in [0, 0.05) is 9.91 Å². The molecule has 15 heavy (non-hydrogen) atoms. The van der Waals surface area contributed by atoms with Gasteiger partial charge in [0.05, 0.1) is 4.90 Å². The van der Waals surface area contributed by atoms with Crippen LogP contribution in [0.15, 0.2) is 23.1 Å². The van der Waals surface area contributed by atoms with E-state index in [0.717, 1.165) is 11.0 Å². The number of H-pyrrole nitrogens is 1. The first kappa shape index (κ1) is 10.9. The molecule has 80 valence electrons. The fourth-order valence-electron chi connectivity index (χ4n) is 1.11. The average Bonchev–Trinajstić information content (AvgIpc) is 2.61. The molecule has 0 amide bonds. The molecular weight excluding hydrogens is 226 g/mol. The van der Waals surface area contributed by atoms with Gasteiger partial charge < -0.3 is 0 Å². The van der Waals surface area contributed by atoms with Crippen molar-refractivity contribution in [3.63, 3.8) is 0 Å². The second kappa shape index (κ2) is 4.08. The Kier molecular flexibility index (Phi) is 2.95. The molecule has 0 aliphatic carbocycles. The van der Waals surface area contributed by atoms with E-state index < -0.39 is 0 Å². The Morgan fingerprint density at radius 2 is 2.20 bits per heavy atom. The minimum Gasteiger partial charge on any atom is -0.254 e. The molecule has 0 aliphatic heterocycles. The van der Waals surface area contributed by atoms with Crippen LogP contribution >= 0.6 is 23.7 Å². The maximum absolute atomic E-state index is 4.27. The zero-order valence-electron chi connectivity index (χ0n) is 9.00. The van der Waals surface area contributed by atoms with E-state index in [-0.39, 0.29) is 5.54 Å². The molecule has 0 fully saturated rings. The lowest BCUT2D eigenvalue weighted by Gasteiger charge is -2.18. The summed E-state index contributed by atoms with van der Waals surface area (Å²) < 4.78 is 10.9. The number of nitrogens with one attached hydrogen (secondary N) is 2. The number of para-hydroxylation sites is 1.